The van der Waals surface area contributed by atoms with Crippen LogP contribution in [0.5, 0.6) is 0 Å². The highest BCUT2D eigenvalue weighted by Crippen LogP contribution is 2.56. The number of aliphatic carboxylic acids is 1. The number of carbonyl (C=O) groups is 3. The first-order chi connectivity index (χ1) is 15.3. The molecule has 5 rings (SSSR count). The second kappa shape index (κ2) is 7.41. The van der Waals surface area contributed by atoms with Crippen LogP contribution >= 0.6 is 11.8 Å². The third kappa shape index (κ3) is 3.17. The average molecular weight is 450 g/mol. The maximum Gasteiger partial charge on any atom is 0.326 e. The molecule has 2 amide bonds. The third-order valence-electron chi connectivity index (χ3n) is 6.26. The summed E-state index contributed by atoms with van der Waals surface area (Å²) in [6, 6.07) is 13.1. The zero-order valence-corrected chi connectivity index (χ0v) is 18.5. The molecule has 2 aromatic carbocycles. The number of H-pyrrole nitrogens is 1. The number of thioether (sulfide) groups is 1. The highest BCUT2D eigenvalue weighted by molar-refractivity contribution is 8.01. The van der Waals surface area contributed by atoms with Gasteiger partial charge in [-0.05, 0) is 37.1 Å². The Morgan fingerprint density at radius 3 is 2.69 bits per heavy atom. The number of hydrogen-bond donors (Lipinski definition) is 3. The zero-order valence-electron chi connectivity index (χ0n) is 17.7. The van der Waals surface area contributed by atoms with Gasteiger partial charge in [-0.3, -0.25) is 9.59 Å². The van der Waals surface area contributed by atoms with Gasteiger partial charge in [0, 0.05) is 33.8 Å². The van der Waals surface area contributed by atoms with Gasteiger partial charge in [0.05, 0.1) is 0 Å². The lowest BCUT2D eigenvalue weighted by molar-refractivity contribution is -0.142. The molecule has 1 unspecified atom stereocenters. The topological polar surface area (TPSA) is 103 Å². The average Bonchev–Trinajstić information content (AvgIpc) is 3.37. The van der Waals surface area contributed by atoms with E-state index >= 15 is 0 Å². The van der Waals surface area contributed by atoms with E-state index in [1.165, 1.54) is 0 Å². The van der Waals surface area contributed by atoms with E-state index in [4.69, 9.17) is 0 Å². The molecule has 2 aliphatic rings. The Kier molecular flexibility index (Phi) is 4.78. The smallest absolute Gasteiger partial charge is 0.326 e. The van der Waals surface area contributed by atoms with E-state index in [2.05, 4.69) is 10.3 Å². The van der Waals surface area contributed by atoms with E-state index in [0.29, 0.717) is 5.56 Å². The third-order valence-corrected chi connectivity index (χ3v) is 7.79. The number of aromatic amines is 1. The summed E-state index contributed by atoms with van der Waals surface area (Å²) in [6.45, 7) is 3.84. The lowest BCUT2D eigenvalue weighted by atomic mass is 9.99. The van der Waals surface area contributed by atoms with Crippen molar-refractivity contribution in [1.82, 2.24) is 15.2 Å². The van der Waals surface area contributed by atoms with Gasteiger partial charge in [-0.25, -0.2) is 4.79 Å². The Balaban J connectivity index is 1.41. The Morgan fingerprint density at radius 1 is 1.19 bits per heavy atom. The van der Waals surface area contributed by atoms with Crippen molar-refractivity contribution in [2.75, 3.05) is 0 Å². The number of nitrogens with one attached hydrogen (secondary N) is 2. The number of fused-ring (bicyclic) bond motifs is 4. The number of nitrogens with zero attached hydrogens (tertiary/aromatic N) is 1. The number of benzene rings is 2. The van der Waals surface area contributed by atoms with Crippen molar-refractivity contribution in [3.8, 4) is 0 Å². The molecule has 164 valence electrons. The Morgan fingerprint density at radius 2 is 1.91 bits per heavy atom. The van der Waals surface area contributed by atoms with E-state index in [1.54, 1.807) is 28.9 Å². The Hall–Kier alpha value is -3.26. The number of carbonyl (C=O) groups excluding carboxylic acids is 2. The molecule has 3 heterocycles. The first-order valence-electron chi connectivity index (χ1n) is 10.5. The quantitative estimate of drug-likeness (QED) is 0.555. The molecule has 8 heteroatoms. The Labute approximate surface area is 189 Å². The van der Waals surface area contributed by atoms with Gasteiger partial charge in [-0.2, -0.15) is 0 Å². The fraction of sp³-hybridized carbons (Fsp3) is 0.292. The van der Waals surface area contributed by atoms with Crippen LogP contribution in [0, 0.1) is 0 Å². The Bertz CT molecular complexity index is 1250. The van der Waals surface area contributed by atoms with Crippen molar-refractivity contribution in [3.05, 3.63) is 71.4 Å². The first-order valence-corrected chi connectivity index (χ1v) is 11.3. The van der Waals surface area contributed by atoms with Crippen LogP contribution < -0.4 is 5.32 Å². The molecule has 2 aliphatic heterocycles. The predicted molar refractivity (Wildman–Crippen MR) is 122 cm³/mol. The lowest BCUT2D eigenvalue weighted by Crippen LogP contribution is -2.56. The van der Waals surface area contributed by atoms with Crippen molar-refractivity contribution >= 4 is 40.4 Å². The molecule has 1 saturated heterocycles. The summed E-state index contributed by atoms with van der Waals surface area (Å²) in [4.78, 5) is 43.3. The van der Waals surface area contributed by atoms with Gasteiger partial charge >= 0.3 is 5.97 Å². The van der Waals surface area contributed by atoms with Crippen molar-refractivity contribution < 1.29 is 19.5 Å². The second-order valence-corrected chi connectivity index (χ2v) is 10.5. The van der Waals surface area contributed by atoms with Crippen LogP contribution in [0.2, 0.25) is 0 Å². The van der Waals surface area contributed by atoms with E-state index < -0.39 is 28.7 Å². The highest BCUT2D eigenvalue weighted by Gasteiger charge is 2.57. The minimum Gasteiger partial charge on any atom is -0.480 e. The molecule has 0 aliphatic carbocycles. The summed E-state index contributed by atoms with van der Waals surface area (Å²) >= 11 is 1.56. The van der Waals surface area contributed by atoms with Crippen molar-refractivity contribution in [2.24, 2.45) is 0 Å². The predicted octanol–water partition coefficient (Wildman–Crippen LogP) is 3.33. The number of para-hydroxylation sites is 1. The van der Waals surface area contributed by atoms with Crippen molar-refractivity contribution in [3.63, 3.8) is 0 Å². The lowest BCUT2D eigenvalue weighted by Gasteiger charge is -2.30. The van der Waals surface area contributed by atoms with E-state index in [9.17, 15) is 19.5 Å². The summed E-state index contributed by atoms with van der Waals surface area (Å²) in [5.74, 6) is -1.75. The largest absolute Gasteiger partial charge is 0.480 e. The number of amides is 2. The van der Waals surface area contributed by atoms with E-state index in [0.717, 1.165) is 22.0 Å². The van der Waals surface area contributed by atoms with Crippen LogP contribution in [0.1, 0.15) is 40.7 Å². The van der Waals surface area contributed by atoms with Gasteiger partial charge < -0.3 is 20.3 Å². The fourth-order valence-electron chi connectivity index (χ4n) is 4.78. The summed E-state index contributed by atoms with van der Waals surface area (Å²) in [6.07, 6.45) is 1.92. The molecular formula is C24H23N3O4S. The number of rotatable bonds is 5. The molecule has 0 spiro atoms. The number of hydrogen-bond acceptors (Lipinski definition) is 4. The summed E-state index contributed by atoms with van der Waals surface area (Å²) < 4.78 is -0.568. The van der Waals surface area contributed by atoms with E-state index in [-0.39, 0.29) is 17.7 Å². The highest BCUT2D eigenvalue weighted by atomic mass is 32.2. The van der Waals surface area contributed by atoms with Crippen LogP contribution in [0.15, 0.2) is 54.7 Å². The maximum atomic E-state index is 13.4. The molecule has 3 N–H and O–H groups in total. The summed E-state index contributed by atoms with van der Waals surface area (Å²) in [7, 11) is 0. The van der Waals surface area contributed by atoms with Crippen molar-refractivity contribution in [2.45, 2.75) is 42.5 Å². The monoisotopic (exact) mass is 449 g/mol. The molecule has 32 heavy (non-hydrogen) atoms. The molecule has 0 radical (unpaired) electrons. The molecule has 3 aromatic rings. The van der Waals surface area contributed by atoms with Crippen LogP contribution in [-0.2, 0) is 16.0 Å². The van der Waals surface area contributed by atoms with Gasteiger partial charge in [0.15, 0.2) is 0 Å². The van der Waals surface area contributed by atoms with Gasteiger partial charge in [-0.15, -0.1) is 11.8 Å². The minimum atomic E-state index is -1.11. The minimum absolute atomic E-state index is 0.142. The van der Waals surface area contributed by atoms with Crippen LogP contribution in [0.4, 0.5) is 0 Å². The van der Waals surface area contributed by atoms with Gasteiger partial charge in [0.25, 0.3) is 5.91 Å². The van der Waals surface area contributed by atoms with E-state index in [1.807, 2.05) is 56.3 Å². The SMILES string of the molecule is CC1(C)SC2c3ccccc3C(=O)N2[C@@H]1C(=O)N[C@H](Cc1c[nH]c2ccccc12)C(=O)O. The normalized spacial score (nSPS) is 21.9. The first kappa shape index (κ1) is 20.6. The standard InChI is InChI=1S/C24H23N3O4S/c1-24(2)19(27-21(29)15-8-3-4-9-16(15)22(27)32-24)20(28)26-18(23(30)31)11-13-12-25-17-10-6-5-7-14(13)17/h3-10,12,18-19,22,25H,11H2,1-2H3,(H,26,28)(H,30,31)/t18-,19-,22?/m1/s1. The van der Waals surface area contributed by atoms with Crippen LogP contribution in [-0.4, -0.2) is 49.6 Å². The molecule has 3 atom stereocenters. The van der Waals surface area contributed by atoms with Crippen LogP contribution in [0.25, 0.3) is 10.9 Å². The molecule has 1 aromatic heterocycles. The molecule has 1 fully saturated rings. The molecular weight excluding hydrogens is 426 g/mol. The molecule has 7 nitrogen and oxygen atoms in total. The molecule has 0 bridgehead atoms. The number of aromatic nitrogens is 1. The van der Waals surface area contributed by atoms with Gasteiger partial charge in [0.1, 0.15) is 17.5 Å². The summed E-state index contributed by atoms with van der Waals surface area (Å²) in [5.41, 5.74) is 3.23. The molecule has 0 saturated carbocycles. The fourth-order valence-corrected chi connectivity index (χ4v) is 6.36. The summed E-state index contributed by atoms with van der Waals surface area (Å²) in [5, 5.41) is 13.2. The van der Waals surface area contributed by atoms with Crippen LogP contribution in [0.3, 0.4) is 0 Å². The maximum absolute atomic E-state index is 13.4. The van der Waals surface area contributed by atoms with Gasteiger partial charge in [0.2, 0.25) is 5.91 Å². The van der Waals surface area contributed by atoms with Gasteiger partial charge in [-0.1, -0.05) is 36.4 Å². The number of carboxylic acids is 1. The number of carboxylic acid groups (broad SMARTS) is 1. The zero-order chi connectivity index (χ0) is 22.6. The second-order valence-electron chi connectivity index (χ2n) is 8.74. The van der Waals surface area contributed by atoms with Crippen molar-refractivity contribution in [1.29, 1.82) is 0 Å².